The molecule has 0 fully saturated rings. The third-order valence-electron chi connectivity index (χ3n) is 0. The molecule has 0 saturated carbocycles. The van der Waals surface area contributed by atoms with Crippen molar-refractivity contribution in [2.75, 3.05) is 0 Å². The van der Waals surface area contributed by atoms with Crippen molar-refractivity contribution >= 4 is 0 Å². The smallest absolute Gasteiger partial charge is 0.870 e. The Hall–Kier alpha value is 0.803. The van der Waals surface area contributed by atoms with Crippen molar-refractivity contribution in [1.82, 2.24) is 0 Å². The molecule has 0 aliphatic rings. The summed E-state index contributed by atoms with van der Waals surface area (Å²) in [5.74, 6) is 0. The Balaban J connectivity index is -0.00000000267. The third kappa shape index (κ3) is 243. The van der Waals surface area contributed by atoms with Crippen LogP contribution in [0.15, 0.2) is 0 Å². The molecule has 0 atom stereocenters. The molecule has 0 aliphatic heterocycles. The second-order valence-electron chi connectivity index (χ2n) is 0. The van der Waals surface area contributed by atoms with E-state index < -0.39 is 0 Å². The Morgan fingerprint density at radius 1 is 0.714 bits per heavy atom. The predicted octanol–water partition coefficient (Wildman–Crippen LogP) is 1.32. The van der Waals surface area contributed by atoms with Crippen LogP contribution in [0.5, 0.6) is 0 Å². The molecule has 0 spiro atoms. The van der Waals surface area contributed by atoms with Crippen LogP contribution >= 0.6 is 0 Å². The average Bonchev–Trinajstić information content (AvgIpc) is 1.50. The monoisotopic (exact) mass is 182 g/mol. The van der Waals surface area contributed by atoms with Gasteiger partial charge in [-0.1, -0.05) is 0 Å². The Morgan fingerprint density at radius 3 is 0.714 bits per heavy atom. The maximum Gasteiger partial charge on any atom is 4.00 e. The number of rotatable bonds is 0. The number of hydrogen-bond donors (Lipinski definition) is 0. The van der Waals surface area contributed by atoms with Crippen LogP contribution in [0.2, 0.25) is 0 Å². The van der Waals surface area contributed by atoms with Gasteiger partial charge >= 0.3 is 26.2 Å². The normalized spacial score (nSPS) is 1.71. The van der Waals surface area contributed by atoms with E-state index in [1.807, 2.05) is 0 Å². The Bertz CT molecular complexity index is 9.65. The van der Waals surface area contributed by atoms with E-state index in [1.54, 1.807) is 13.8 Å². The first-order chi connectivity index (χ1) is 2.00. The van der Waals surface area contributed by atoms with Gasteiger partial charge in [0.2, 0.25) is 0 Å². The quantitative estimate of drug-likeness (QED) is 0.532. The fraction of sp³-hybridized carbons (Fsp3) is 0.500. The molecule has 7 heavy (non-hydrogen) atoms. The van der Waals surface area contributed by atoms with Gasteiger partial charge < -0.3 is 24.8 Å². The van der Waals surface area contributed by atoms with E-state index in [1.165, 1.54) is 0 Å². The van der Waals surface area contributed by atoms with Gasteiger partial charge in [-0.05, 0) is 0 Å². The van der Waals surface area contributed by atoms with Crippen molar-refractivity contribution in [2.45, 2.75) is 13.8 Å². The predicted molar refractivity (Wildman–Crippen MR) is 25.9 cm³/mol. The minimum Gasteiger partial charge on any atom is -0.870 e. The van der Waals surface area contributed by atoms with Gasteiger partial charge in [0.1, 0.15) is 0 Å². The third-order valence-corrected chi connectivity index (χ3v) is 0. The largest absolute Gasteiger partial charge is 4.00 e. The van der Waals surface area contributed by atoms with Crippen molar-refractivity contribution in [3.8, 4) is 0 Å². The summed E-state index contributed by atoms with van der Waals surface area (Å²) in [5, 5.41) is 0. The Labute approximate surface area is 65.0 Å². The van der Waals surface area contributed by atoms with E-state index >= 15 is 0 Å². The van der Waals surface area contributed by atoms with Gasteiger partial charge in [-0.3, -0.25) is 0 Å². The summed E-state index contributed by atoms with van der Waals surface area (Å²) in [5.41, 5.74) is 0. The summed E-state index contributed by atoms with van der Waals surface area (Å²) in [6.45, 7) is 10.0. The molecule has 0 bridgehead atoms. The van der Waals surface area contributed by atoms with Gasteiger partial charge in [-0.25, -0.2) is 0 Å². The minimum absolute atomic E-state index is 0. The summed E-state index contributed by atoms with van der Waals surface area (Å²) in [6.07, 6.45) is 0. The summed E-state index contributed by atoms with van der Waals surface area (Å²) >= 11 is 0. The molecule has 0 rings (SSSR count). The van der Waals surface area contributed by atoms with E-state index in [0.717, 1.165) is 0 Å². The van der Waals surface area contributed by atoms with E-state index in [0.29, 0.717) is 0 Å². The van der Waals surface area contributed by atoms with Crippen molar-refractivity contribution in [3.05, 3.63) is 13.8 Å². The van der Waals surface area contributed by atoms with Crippen molar-refractivity contribution in [3.63, 3.8) is 0 Å². The molecule has 0 aromatic heterocycles. The van der Waals surface area contributed by atoms with E-state index in [-0.39, 0.29) is 37.2 Å². The first kappa shape index (κ1) is 46.0. The molecule has 44 valence electrons. The summed E-state index contributed by atoms with van der Waals surface area (Å²) < 4.78 is 0. The Morgan fingerprint density at radius 2 is 0.714 bits per heavy atom. The minimum atomic E-state index is 0. The van der Waals surface area contributed by atoms with Gasteiger partial charge in [0, 0.05) is 0 Å². The van der Waals surface area contributed by atoms with Gasteiger partial charge in [0.15, 0.2) is 0 Å². The molecular formula is C4H12O2Zr. The van der Waals surface area contributed by atoms with Crippen LogP contribution in [0, 0.1) is 13.8 Å². The van der Waals surface area contributed by atoms with Crippen LogP contribution in [-0.4, -0.2) is 11.0 Å². The molecule has 0 amide bonds. The van der Waals surface area contributed by atoms with E-state index in [2.05, 4.69) is 13.8 Å². The molecular weight excluding hydrogens is 171 g/mol. The summed E-state index contributed by atoms with van der Waals surface area (Å²) in [7, 11) is 0. The van der Waals surface area contributed by atoms with Gasteiger partial charge in [0.25, 0.3) is 0 Å². The van der Waals surface area contributed by atoms with Crippen LogP contribution in [0.1, 0.15) is 13.8 Å². The molecule has 0 heterocycles. The zero-order valence-corrected chi connectivity index (χ0v) is 7.27. The van der Waals surface area contributed by atoms with Crippen LogP contribution in [0.25, 0.3) is 0 Å². The fourth-order valence-electron chi connectivity index (χ4n) is 0. The molecule has 0 aliphatic carbocycles. The molecule has 0 radical (unpaired) electrons. The van der Waals surface area contributed by atoms with Gasteiger partial charge in [-0.15, -0.1) is 0 Å². The first-order valence-corrected chi connectivity index (χ1v) is 1.41. The standard InChI is InChI=1S/2C2H5.2H2O.Zr/c2*1-2;;;/h2*1H2,2H3;2*1H2;/q2*-1;;;+4/p-2. The second kappa shape index (κ2) is 355. The first-order valence-electron chi connectivity index (χ1n) is 1.41. The fourth-order valence-corrected chi connectivity index (χ4v) is 0. The van der Waals surface area contributed by atoms with Crippen molar-refractivity contribution in [1.29, 1.82) is 0 Å². The molecule has 0 aromatic carbocycles. The maximum absolute atomic E-state index is 3.25. The molecule has 2 N–H and O–H groups in total. The van der Waals surface area contributed by atoms with Crippen molar-refractivity contribution < 1.29 is 37.2 Å². The van der Waals surface area contributed by atoms with Crippen LogP contribution in [0.3, 0.4) is 0 Å². The van der Waals surface area contributed by atoms with Gasteiger partial charge in [0.05, 0.1) is 0 Å². The topological polar surface area (TPSA) is 60.0 Å². The SMILES string of the molecule is [CH2-]C.[CH2-]C.[OH-].[OH-].[Zr+4]. The second-order valence-corrected chi connectivity index (χ2v) is 0. The number of hydrogen-bond acceptors (Lipinski definition) is 2. The van der Waals surface area contributed by atoms with Crippen molar-refractivity contribution in [2.24, 2.45) is 0 Å². The molecule has 2 nitrogen and oxygen atoms in total. The molecule has 0 aromatic rings. The zero-order valence-electron chi connectivity index (χ0n) is 4.81. The zero-order chi connectivity index (χ0) is 4.00. The molecule has 0 saturated heterocycles. The maximum atomic E-state index is 3.25. The molecule has 0 unspecified atom stereocenters. The van der Waals surface area contributed by atoms with Crippen LogP contribution in [-0.2, 0) is 26.2 Å². The van der Waals surface area contributed by atoms with Gasteiger partial charge in [-0.2, -0.15) is 13.8 Å². The van der Waals surface area contributed by atoms with Crippen LogP contribution < -0.4 is 0 Å². The van der Waals surface area contributed by atoms with E-state index in [9.17, 15) is 0 Å². The van der Waals surface area contributed by atoms with Crippen LogP contribution in [0.4, 0.5) is 0 Å². The average molecular weight is 183 g/mol. The van der Waals surface area contributed by atoms with E-state index in [4.69, 9.17) is 0 Å². The Kier molecular flexibility index (Phi) is 2330. The summed E-state index contributed by atoms with van der Waals surface area (Å²) in [6, 6.07) is 0. The summed E-state index contributed by atoms with van der Waals surface area (Å²) in [4.78, 5) is 0. The molecule has 3 heteroatoms.